The monoisotopic (exact) mass is 247 g/mol. The van der Waals surface area contributed by atoms with Crippen LogP contribution in [0, 0.1) is 19.8 Å². The van der Waals surface area contributed by atoms with E-state index >= 15 is 0 Å². The van der Waals surface area contributed by atoms with Crippen LogP contribution >= 0.6 is 0 Å². The minimum Gasteiger partial charge on any atom is -0.312 e. The molecule has 1 aromatic carbocycles. The summed E-state index contributed by atoms with van der Waals surface area (Å²) in [5.74, 6) is 0.843. The van der Waals surface area contributed by atoms with Gasteiger partial charge in [0.25, 0.3) is 0 Å². The number of benzene rings is 1. The maximum Gasteiger partial charge on any atom is 0.0208 e. The Morgan fingerprint density at radius 1 is 1.17 bits per heavy atom. The molecule has 0 bridgehead atoms. The molecule has 1 N–H and O–H groups in total. The summed E-state index contributed by atoms with van der Waals surface area (Å²) >= 11 is 0. The summed E-state index contributed by atoms with van der Waals surface area (Å²) in [6, 6.07) is 6.59. The van der Waals surface area contributed by atoms with Gasteiger partial charge in [-0.3, -0.25) is 0 Å². The first-order valence-corrected chi connectivity index (χ1v) is 7.44. The lowest BCUT2D eigenvalue weighted by atomic mass is 9.99. The van der Waals surface area contributed by atoms with E-state index in [0.29, 0.717) is 0 Å². The van der Waals surface area contributed by atoms with Gasteiger partial charge in [-0.05, 0) is 49.4 Å². The van der Waals surface area contributed by atoms with Crippen LogP contribution in [0.15, 0.2) is 18.2 Å². The van der Waals surface area contributed by atoms with Crippen molar-refractivity contribution in [3.63, 3.8) is 0 Å². The van der Waals surface area contributed by atoms with Gasteiger partial charge in [-0.1, -0.05) is 51.3 Å². The standard InChI is InChI=1S/C17H29N/c1-5-7-10-16(6-2)12-18-13-17-11-8-9-14(3)15(17)4/h8-9,11,16,18H,5-7,10,12-13H2,1-4H3. The third kappa shape index (κ3) is 4.81. The first kappa shape index (κ1) is 15.2. The fourth-order valence-electron chi connectivity index (χ4n) is 2.36. The molecule has 0 saturated heterocycles. The number of aryl methyl sites for hydroxylation is 1. The van der Waals surface area contributed by atoms with Crippen LogP contribution < -0.4 is 5.32 Å². The van der Waals surface area contributed by atoms with Crippen molar-refractivity contribution >= 4 is 0 Å². The van der Waals surface area contributed by atoms with Crippen LogP contribution in [-0.2, 0) is 6.54 Å². The summed E-state index contributed by atoms with van der Waals surface area (Å²) < 4.78 is 0. The van der Waals surface area contributed by atoms with E-state index in [1.165, 1.54) is 42.4 Å². The molecule has 18 heavy (non-hydrogen) atoms. The van der Waals surface area contributed by atoms with Gasteiger partial charge in [0, 0.05) is 6.54 Å². The molecule has 1 unspecified atom stereocenters. The van der Waals surface area contributed by atoms with Crippen molar-refractivity contribution in [3.05, 3.63) is 34.9 Å². The molecule has 102 valence electrons. The second-order valence-electron chi connectivity index (χ2n) is 5.41. The molecule has 1 nitrogen and oxygen atoms in total. The summed E-state index contributed by atoms with van der Waals surface area (Å²) in [7, 11) is 0. The predicted octanol–water partition coefficient (Wildman–Crippen LogP) is 4.61. The molecular weight excluding hydrogens is 218 g/mol. The fraction of sp³-hybridized carbons (Fsp3) is 0.647. The molecule has 1 rings (SSSR count). The van der Waals surface area contributed by atoms with Gasteiger partial charge >= 0.3 is 0 Å². The van der Waals surface area contributed by atoms with E-state index in [4.69, 9.17) is 0 Å². The van der Waals surface area contributed by atoms with Gasteiger partial charge in [-0.15, -0.1) is 0 Å². The van der Waals surface area contributed by atoms with Crippen molar-refractivity contribution in [2.45, 2.75) is 59.9 Å². The lowest BCUT2D eigenvalue weighted by molar-refractivity contribution is 0.419. The number of hydrogen-bond donors (Lipinski definition) is 1. The van der Waals surface area contributed by atoms with Crippen LogP contribution in [0.3, 0.4) is 0 Å². The van der Waals surface area contributed by atoms with Crippen LogP contribution in [0.5, 0.6) is 0 Å². The summed E-state index contributed by atoms with van der Waals surface area (Å²) in [4.78, 5) is 0. The zero-order chi connectivity index (χ0) is 13.4. The summed E-state index contributed by atoms with van der Waals surface area (Å²) in [5, 5.41) is 3.63. The van der Waals surface area contributed by atoms with E-state index in [1.807, 2.05) is 0 Å². The quantitative estimate of drug-likeness (QED) is 0.707. The zero-order valence-electron chi connectivity index (χ0n) is 12.6. The SMILES string of the molecule is CCCCC(CC)CNCc1cccc(C)c1C. The summed E-state index contributed by atoms with van der Waals surface area (Å²) in [5.41, 5.74) is 4.28. The molecule has 0 heterocycles. The Balaban J connectivity index is 2.38. The third-order valence-corrected chi connectivity index (χ3v) is 4.01. The number of hydrogen-bond acceptors (Lipinski definition) is 1. The van der Waals surface area contributed by atoms with E-state index in [1.54, 1.807) is 0 Å². The molecule has 1 heteroatoms. The molecule has 0 aliphatic rings. The van der Waals surface area contributed by atoms with Gasteiger partial charge < -0.3 is 5.32 Å². The van der Waals surface area contributed by atoms with Gasteiger partial charge in [-0.2, -0.15) is 0 Å². The molecule has 0 aliphatic carbocycles. The molecule has 0 fully saturated rings. The van der Waals surface area contributed by atoms with E-state index < -0.39 is 0 Å². The molecule has 1 aromatic rings. The van der Waals surface area contributed by atoms with Crippen molar-refractivity contribution in [1.29, 1.82) is 0 Å². The highest BCUT2D eigenvalue weighted by Gasteiger charge is 2.06. The normalized spacial score (nSPS) is 12.7. The first-order valence-electron chi connectivity index (χ1n) is 7.44. The number of unbranched alkanes of at least 4 members (excludes halogenated alkanes) is 1. The Morgan fingerprint density at radius 2 is 1.94 bits per heavy atom. The molecule has 0 amide bonds. The molecule has 0 spiro atoms. The summed E-state index contributed by atoms with van der Waals surface area (Å²) in [6.45, 7) is 11.2. The average Bonchev–Trinajstić information content (AvgIpc) is 2.38. The largest absolute Gasteiger partial charge is 0.312 e. The molecule has 0 radical (unpaired) electrons. The van der Waals surface area contributed by atoms with Crippen molar-refractivity contribution in [2.75, 3.05) is 6.54 Å². The maximum absolute atomic E-state index is 3.63. The highest BCUT2D eigenvalue weighted by molar-refractivity contribution is 5.32. The van der Waals surface area contributed by atoms with E-state index in [-0.39, 0.29) is 0 Å². The Hall–Kier alpha value is -0.820. The smallest absolute Gasteiger partial charge is 0.0208 e. The zero-order valence-corrected chi connectivity index (χ0v) is 12.6. The molecule has 0 aliphatic heterocycles. The Labute approximate surface area is 113 Å². The molecule has 0 aromatic heterocycles. The molecule has 1 atom stereocenters. The minimum absolute atomic E-state index is 0.843. The Kier molecular flexibility index (Phi) is 7.04. The van der Waals surface area contributed by atoms with E-state index in [0.717, 1.165) is 19.0 Å². The van der Waals surface area contributed by atoms with Gasteiger partial charge in [0.2, 0.25) is 0 Å². The van der Waals surface area contributed by atoms with Gasteiger partial charge in [0.15, 0.2) is 0 Å². The van der Waals surface area contributed by atoms with Crippen molar-refractivity contribution in [1.82, 2.24) is 5.32 Å². The van der Waals surface area contributed by atoms with Gasteiger partial charge in [0.05, 0.1) is 0 Å². The average molecular weight is 247 g/mol. The van der Waals surface area contributed by atoms with Crippen LogP contribution in [0.2, 0.25) is 0 Å². The van der Waals surface area contributed by atoms with Crippen LogP contribution in [0.1, 0.15) is 56.2 Å². The van der Waals surface area contributed by atoms with Crippen LogP contribution in [0.25, 0.3) is 0 Å². The number of nitrogens with one attached hydrogen (secondary N) is 1. The fourth-order valence-corrected chi connectivity index (χ4v) is 2.36. The van der Waals surface area contributed by atoms with Gasteiger partial charge in [0.1, 0.15) is 0 Å². The first-order chi connectivity index (χ1) is 8.69. The molecule has 0 saturated carbocycles. The second kappa shape index (κ2) is 8.31. The highest BCUT2D eigenvalue weighted by Crippen LogP contribution is 2.14. The van der Waals surface area contributed by atoms with Crippen molar-refractivity contribution < 1.29 is 0 Å². The second-order valence-corrected chi connectivity index (χ2v) is 5.41. The molecular formula is C17H29N. The number of rotatable bonds is 8. The van der Waals surface area contributed by atoms with E-state index in [9.17, 15) is 0 Å². The maximum atomic E-state index is 3.63. The van der Waals surface area contributed by atoms with Crippen LogP contribution in [-0.4, -0.2) is 6.54 Å². The lowest BCUT2D eigenvalue weighted by Crippen LogP contribution is -2.22. The predicted molar refractivity (Wildman–Crippen MR) is 80.9 cm³/mol. The van der Waals surface area contributed by atoms with Crippen LogP contribution in [0.4, 0.5) is 0 Å². The minimum atomic E-state index is 0.843. The van der Waals surface area contributed by atoms with Gasteiger partial charge in [-0.25, -0.2) is 0 Å². The van der Waals surface area contributed by atoms with E-state index in [2.05, 4.69) is 51.2 Å². The Morgan fingerprint density at radius 3 is 2.61 bits per heavy atom. The topological polar surface area (TPSA) is 12.0 Å². The van der Waals surface area contributed by atoms with Crippen molar-refractivity contribution in [2.24, 2.45) is 5.92 Å². The highest BCUT2D eigenvalue weighted by atomic mass is 14.9. The Bertz CT molecular complexity index is 343. The summed E-state index contributed by atoms with van der Waals surface area (Å²) in [6.07, 6.45) is 5.34. The third-order valence-electron chi connectivity index (χ3n) is 4.01. The van der Waals surface area contributed by atoms with Crippen molar-refractivity contribution in [3.8, 4) is 0 Å². The lowest BCUT2D eigenvalue weighted by Gasteiger charge is -2.16.